The Kier molecular flexibility index (Phi) is 8.95. The number of aromatic hydroxyl groups is 4. The van der Waals surface area contributed by atoms with Crippen molar-refractivity contribution in [1.29, 1.82) is 0 Å². The molecule has 0 fully saturated rings. The molecule has 0 radical (unpaired) electrons. The Bertz CT molecular complexity index is 489. The number of hydrogen-bond donors (Lipinski definition) is 4. The van der Waals surface area contributed by atoms with Gasteiger partial charge in [-0.05, 0) is 36.4 Å². The van der Waals surface area contributed by atoms with Crippen molar-refractivity contribution in [2.24, 2.45) is 0 Å². The predicted molar refractivity (Wildman–Crippen MR) is 79.0 cm³/mol. The molecule has 4 N–H and O–H groups in total. The summed E-state index contributed by atoms with van der Waals surface area (Å²) in [5, 5.41) is 35.2. The fraction of sp³-hybridized carbons (Fsp3) is 0.200. The van der Waals surface area contributed by atoms with Crippen molar-refractivity contribution in [1.82, 2.24) is 0 Å². The van der Waals surface area contributed by atoms with Crippen LogP contribution in [0.25, 0.3) is 0 Å². The Morgan fingerprint density at radius 3 is 1.38 bits per heavy atom. The van der Waals surface area contributed by atoms with Crippen LogP contribution in [0.4, 0.5) is 0 Å². The van der Waals surface area contributed by atoms with Crippen LogP contribution in [0.15, 0.2) is 42.5 Å². The average Bonchev–Trinajstić information content (AvgIpc) is 2.46. The van der Waals surface area contributed by atoms with Gasteiger partial charge in [0.25, 0.3) is 0 Å². The fourth-order valence-electron chi connectivity index (χ4n) is 1.12. The molecule has 0 aliphatic heterocycles. The van der Waals surface area contributed by atoms with Crippen molar-refractivity contribution in [3.05, 3.63) is 42.5 Å². The van der Waals surface area contributed by atoms with E-state index in [0.717, 1.165) is 0 Å². The van der Waals surface area contributed by atoms with Crippen LogP contribution in [0.2, 0.25) is 0 Å². The summed E-state index contributed by atoms with van der Waals surface area (Å²) in [6.45, 7) is 0. The maximum atomic E-state index is 9.00. The number of benzene rings is 2. The topological polar surface area (TPSA) is 99.4 Å². The number of phenols is 4. The third-order valence-electron chi connectivity index (χ3n) is 2.01. The van der Waals surface area contributed by atoms with E-state index in [0.29, 0.717) is 0 Å². The molecule has 0 saturated carbocycles. The van der Waals surface area contributed by atoms with Crippen molar-refractivity contribution in [3.63, 3.8) is 0 Å². The number of ether oxygens (including phenoxy) is 2. The number of hydrogen-bond acceptors (Lipinski definition) is 6. The molecule has 0 aliphatic carbocycles. The highest BCUT2D eigenvalue weighted by molar-refractivity contribution is 5.43. The maximum absolute atomic E-state index is 9.00. The normalized spacial score (nSPS) is 8.71. The molecule has 6 heteroatoms. The van der Waals surface area contributed by atoms with Gasteiger partial charge in [0.15, 0.2) is 11.5 Å². The Morgan fingerprint density at radius 2 is 1.05 bits per heavy atom. The summed E-state index contributed by atoms with van der Waals surface area (Å²) in [6, 6.07) is 9.80. The lowest BCUT2D eigenvalue weighted by Crippen LogP contribution is -1.81. The molecule has 116 valence electrons. The van der Waals surface area contributed by atoms with Crippen LogP contribution in [0.5, 0.6) is 28.7 Å². The predicted octanol–water partition coefficient (Wildman–Crippen LogP) is 2.47. The molecule has 2 aromatic carbocycles. The minimum Gasteiger partial charge on any atom is -0.508 e. The quantitative estimate of drug-likeness (QED) is 0.603. The molecule has 2 rings (SSSR count). The minimum atomic E-state index is 0.0281. The van der Waals surface area contributed by atoms with Crippen LogP contribution in [0, 0.1) is 0 Å². The summed E-state index contributed by atoms with van der Waals surface area (Å²) < 4.78 is 8.97. The van der Waals surface area contributed by atoms with Gasteiger partial charge in [-0.15, -0.1) is 0 Å². The smallest absolute Gasteiger partial charge is 0.164 e. The average molecular weight is 296 g/mol. The van der Waals surface area contributed by atoms with Crippen LogP contribution < -0.4 is 4.74 Å². The zero-order valence-corrected chi connectivity index (χ0v) is 12.1. The van der Waals surface area contributed by atoms with Gasteiger partial charge >= 0.3 is 0 Å². The highest BCUT2D eigenvalue weighted by Crippen LogP contribution is 2.28. The second-order valence-corrected chi connectivity index (χ2v) is 3.78. The van der Waals surface area contributed by atoms with Gasteiger partial charge in [-0.25, -0.2) is 0 Å². The van der Waals surface area contributed by atoms with Crippen LogP contribution in [-0.2, 0) is 4.74 Å². The van der Waals surface area contributed by atoms with Crippen molar-refractivity contribution in [2.75, 3.05) is 21.3 Å². The number of phenolic OH excluding ortho intramolecular Hbond substituents is 4. The van der Waals surface area contributed by atoms with E-state index in [1.807, 2.05) is 0 Å². The van der Waals surface area contributed by atoms with Crippen molar-refractivity contribution in [2.45, 2.75) is 0 Å². The Hall–Kier alpha value is -2.60. The summed E-state index contributed by atoms with van der Waals surface area (Å²) in [5.74, 6) is 0.723. The third-order valence-corrected chi connectivity index (χ3v) is 2.01. The van der Waals surface area contributed by atoms with Gasteiger partial charge in [0, 0.05) is 20.3 Å². The van der Waals surface area contributed by atoms with E-state index >= 15 is 0 Å². The molecule has 0 aromatic heterocycles. The lowest BCUT2D eigenvalue weighted by Gasteiger charge is -2.01. The molecule has 0 spiro atoms. The standard InChI is InChI=1S/C7H8O3.C6H6O2.C2H6O/c1-10-7-4-5(8)2-3-6(7)9;7-5-1-2-6(8)4-3-5;1-3-2/h2-4,8-9H,1H3;1-4,7-8H;1-2H3. The first kappa shape index (κ1) is 18.4. The molecular formula is C15H20O6. The summed E-state index contributed by atoms with van der Waals surface area (Å²) in [4.78, 5) is 0. The largest absolute Gasteiger partial charge is 0.508 e. The SMILES string of the molecule is COC.COc1cc(O)ccc1O.Oc1ccc(O)cc1. The van der Waals surface area contributed by atoms with Gasteiger partial charge in [0.2, 0.25) is 0 Å². The van der Waals surface area contributed by atoms with Gasteiger partial charge in [0.05, 0.1) is 7.11 Å². The first-order valence-corrected chi connectivity index (χ1v) is 5.88. The summed E-state index contributed by atoms with van der Waals surface area (Å²) in [6.07, 6.45) is 0. The van der Waals surface area contributed by atoms with Crippen LogP contribution >= 0.6 is 0 Å². The van der Waals surface area contributed by atoms with Crippen molar-refractivity contribution >= 4 is 0 Å². The van der Waals surface area contributed by atoms with Gasteiger partial charge in [-0.2, -0.15) is 0 Å². The molecule has 0 atom stereocenters. The fourth-order valence-corrected chi connectivity index (χ4v) is 1.12. The van der Waals surface area contributed by atoms with E-state index in [4.69, 9.17) is 25.2 Å². The first-order valence-electron chi connectivity index (χ1n) is 5.88. The summed E-state index contributed by atoms with van der Waals surface area (Å²) in [5.41, 5.74) is 0. The second-order valence-electron chi connectivity index (χ2n) is 3.78. The lowest BCUT2D eigenvalue weighted by molar-refractivity contribution is 0.277. The van der Waals surface area contributed by atoms with Gasteiger partial charge in [-0.3, -0.25) is 0 Å². The van der Waals surface area contributed by atoms with E-state index in [-0.39, 0.29) is 28.7 Å². The Morgan fingerprint density at radius 1 is 0.667 bits per heavy atom. The highest BCUT2D eigenvalue weighted by atomic mass is 16.5. The molecule has 0 saturated heterocycles. The van der Waals surface area contributed by atoms with Crippen LogP contribution in [-0.4, -0.2) is 41.8 Å². The molecular weight excluding hydrogens is 276 g/mol. The maximum Gasteiger partial charge on any atom is 0.164 e. The zero-order valence-electron chi connectivity index (χ0n) is 12.1. The van der Waals surface area contributed by atoms with Gasteiger partial charge in [-0.1, -0.05) is 0 Å². The van der Waals surface area contributed by atoms with Crippen molar-refractivity contribution in [3.8, 4) is 28.7 Å². The minimum absolute atomic E-state index is 0.0281. The van der Waals surface area contributed by atoms with Crippen LogP contribution in [0.1, 0.15) is 0 Å². The van der Waals surface area contributed by atoms with Crippen LogP contribution in [0.3, 0.4) is 0 Å². The van der Waals surface area contributed by atoms with Crippen molar-refractivity contribution < 1.29 is 29.9 Å². The molecule has 2 aromatic rings. The molecule has 0 bridgehead atoms. The monoisotopic (exact) mass is 296 g/mol. The zero-order chi connectivity index (χ0) is 16.3. The van der Waals surface area contributed by atoms with Gasteiger partial charge < -0.3 is 29.9 Å². The third kappa shape index (κ3) is 8.22. The lowest BCUT2D eigenvalue weighted by atomic mass is 10.3. The summed E-state index contributed by atoms with van der Waals surface area (Å²) in [7, 11) is 4.68. The van der Waals surface area contributed by atoms with E-state index < -0.39 is 0 Å². The molecule has 0 amide bonds. The molecule has 6 nitrogen and oxygen atoms in total. The van der Waals surface area contributed by atoms with E-state index in [1.54, 1.807) is 14.2 Å². The molecule has 0 aliphatic rings. The van der Waals surface area contributed by atoms with E-state index in [2.05, 4.69) is 4.74 Å². The first-order chi connectivity index (χ1) is 9.94. The highest BCUT2D eigenvalue weighted by Gasteiger charge is 1.99. The number of rotatable bonds is 1. The van der Waals surface area contributed by atoms with Gasteiger partial charge in [0.1, 0.15) is 17.2 Å². The number of methoxy groups -OCH3 is 2. The Labute approximate surface area is 123 Å². The molecule has 21 heavy (non-hydrogen) atoms. The summed E-state index contributed by atoms with van der Waals surface area (Å²) >= 11 is 0. The van der Waals surface area contributed by atoms with E-state index in [1.165, 1.54) is 49.6 Å². The Balaban J connectivity index is 0.000000327. The second kappa shape index (κ2) is 10.2. The molecule has 0 heterocycles. The molecule has 0 unspecified atom stereocenters. The van der Waals surface area contributed by atoms with E-state index in [9.17, 15) is 0 Å².